The van der Waals surface area contributed by atoms with Crippen LogP contribution in [0.3, 0.4) is 0 Å². The molecule has 0 N–H and O–H groups in total. The van der Waals surface area contributed by atoms with Crippen LogP contribution in [-0.4, -0.2) is 14.2 Å². The molecule has 2 nitrogen and oxygen atoms in total. The van der Waals surface area contributed by atoms with Crippen LogP contribution in [-0.2, 0) is 6.42 Å². The van der Waals surface area contributed by atoms with Gasteiger partial charge in [0.15, 0.2) is 11.5 Å². The molecule has 20 heavy (non-hydrogen) atoms. The summed E-state index contributed by atoms with van der Waals surface area (Å²) in [7, 11) is 3.27. The lowest BCUT2D eigenvalue weighted by molar-refractivity contribution is 0.354. The summed E-state index contributed by atoms with van der Waals surface area (Å²) in [5.41, 5.74) is 2.33. The van der Waals surface area contributed by atoms with Crippen molar-refractivity contribution in [3.8, 4) is 11.5 Å². The monoisotopic (exact) mass is 354 g/mol. The summed E-state index contributed by atoms with van der Waals surface area (Å²) in [6, 6.07) is 13.8. The van der Waals surface area contributed by atoms with E-state index in [9.17, 15) is 0 Å². The molecule has 2 aromatic carbocycles. The highest BCUT2D eigenvalue weighted by molar-refractivity contribution is 9.09. The van der Waals surface area contributed by atoms with Gasteiger partial charge in [0.2, 0.25) is 0 Å². The fraction of sp³-hybridized carbons (Fsp3) is 0.250. The van der Waals surface area contributed by atoms with E-state index in [2.05, 4.69) is 22.0 Å². The largest absolute Gasteiger partial charge is 0.493 e. The van der Waals surface area contributed by atoms with Gasteiger partial charge in [0.25, 0.3) is 0 Å². The maximum atomic E-state index is 6.01. The molecule has 0 amide bonds. The minimum atomic E-state index is 0.195. The molecule has 0 saturated heterocycles. The minimum absolute atomic E-state index is 0.195. The SMILES string of the molecule is COc1ccc(C(Br)Cc2cccc(Cl)c2)cc1OC. The van der Waals surface area contributed by atoms with Gasteiger partial charge in [-0.05, 0) is 41.8 Å². The van der Waals surface area contributed by atoms with Crippen molar-refractivity contribution in [2.75, 3.05) is 14.2 Å². The first-order chi connectivity index (χ1) is 9.63. The molecule has 0 aliphatic rings. The van der Waals surface area contributed by atoms with Crippen LogP contribution in [0.4, 0.5) is 0 Å². The molecule has 0 saturated carbocycles. The Morgan fingerprint density at radius 3 is 2.45 bits per heavy atom. The van der Waals surface area contributed by atoms with Crippen LogP contribution in [0.1, 0.15) is 16.0 Å². The summed E-state index contributed by atoms with van der Waals surface area (Å²) in [6.07, 6.45) is 0.857. The second-order valence-electron chi connectivity index (χ2n) is 4.42. The first-order valence-electron chi connectivity index (χ1n) is 6.24. The smallest absolute Gasteiger partial charge is 0.161 e. The van der Waals surface area contributed by atoms with Gasteiger partial charge in [-0.2, -0.15) is 0 Å². The summed E-state index contributed by atoms with van der Waals surface area (Å²) in [6.45, 7) is 0. The Kier molecular flexibility index (Phi) is 5.32. The third-order valence-electron chi connectivity index (χ3n) is 3.07. The minimum Gasteiger partial charge on any atom is -0.493 e. The van der Waals surface area contributed by atoms with Crippen molar-refractivity contribution < 1.29 is 9.47 Å². The summed E-state index contributed by atoms with van der Waals surface area (Å²) in [5, 5.41) is 0.759. The standard InChI is InChI=1S/C16H16BrClO2/c1-19-15-7-6-12(10-16(15)20-2)14(17)9-11-4-3-5-13(18)8-11/h3-8,10,14H,9H2,1-2H3. The van der Waals surface area contributed by atoms with Gasteiger partial charge >= 0.3 is 0 Å². The predicted octanol–water partition coefficient (Wildman–Crippen LogP) is 5.04. The lowest BCUT2D eigenvalue weighted by Gasteiger charge is -2.14. The summed E-state index contributed by atoms with van der Waals surface area (Å²) < 4.78 is 10.6. The lowest BCUT2D eigenvalue weighted by Crippen LogP contribution is -1.97. The highest BCUT2D eigenvalue weighted by atomic mass is 79.9. The van der Waals surface area contributed by atoms with Crippen molar-refractivity contribution in [3.63, 3.8) is 0 Å². The van der Waals surface area contributed by atoms with E-state index in [0.29, 0.717) is 0 Å². The normalized spacial score (nSPS) is 12.0. The highest BCUT2D eigenvalue weighted by Gasteiger charge is 2.12. The second-order valence-corrected chi connectivity index (χ2v) is 5.96. The fourth-order valence-corrected chi connectivity index (χ4v) is 2.91. The Hall–Kier alpha value is -1.19. The van der Waals surface area contributed by atoms with Gasteiger partial charge in [0.1, 0.15) is 0 Å². The molecule has 0 aromatic heterocycles. The Labute approximate surface area is 132 Å². The summed E-state index contributed by atoms with van der Waals surface area (Å²) >= 11 is 9.73. The van der Waals surface area contributed by atoms with E-state index in [1.54, 1.807) is 14.2 Å². The molecule has 0 aliphatic carbocycles. The number of hydrogen-bond acceptors (Lipinski definition) is 2. The molecule has 2 rings (SSSR count). The maximum Gasteiger partial charge on any atom is 0.161 e. The molecular weight excluding hydrogens is 340 g/mol. The number of methoxy groups -OCH3 is 2. The predicted molar refractivity (Wildman–Crippen MR) is 86.4 cm³/mol. The topological polar surface area (TPSA) is 18.5 Å². The molecule has 1 unspecified atom stereocenters. The molecule has 0 aliphatic heterocycles. The van der Waals surface area contributed by atoms with Crippen LogP contribution in [0, 0.1) is 0 Å². The van der Waals surface area contributed by atoms with Gasteiger partial charge in [0.05, 0.1) is 14.2 Å². The molecular formula is C16H16BrClO2. The number of halogens is 2. The number of hydrogen-bond donors (Lipinski definition) is 0. The first kappa shape index (κ1) is 15.2. The zero-order valence-corrected chi connectivity index (χ0v) is 13.7. The fourth-order valence-electron chi connectivity index (χ4n) is 2.04. The lowest BCUT2D eigenvalue weighted by atomic mass is 10.0. The molecule has 2 aromatic rings. The molecule has 4 heteroatoms. The van der Waals surface area contributed by atoms with Crippen molar-refractivity contribution >= 4 is 27.5 Å². The van der Waals surface area contributed by atoms with Crippen LogP contribution in [0.5, 0.6) is 11.5 Å². The molecule has 106 valence electrons. The maximum absolute atomic E-state index is 6.01. The van der Waals surface area contributed by atoms with Crippen LogP contribution < -0.4 is 9.47 Å². The Balaban J connectivity index is 2.18. The zero-order chi connectivity index (χ0) is 14.5. The van der Waals surface area contributed by atoms with Gasteiger partial charge < -0.3 is 9.47 Å². The average molecular weight is 356 g/mol. The average Bonchev–Trinajstić information content (AvgIpc) is 2.46. The number of benzene rings is 2. The van der Waals surface area contributed by atoms with Gasteiger partial charge in [-0.15, -0.1) is 0 Å². The van der Waals surface area contributed by atoms with E-state index in [-0.39, 0.29) is 4.83 Å². The van der Waals surface area contributed by atoms with Gasteiger partial charge in [-0.25, -0.2) is 0 Å². The number of ether oxygens (including phenoxy) is 2. The number of alkyl halides is 1. The molecule has 1 atom stereocenters. The Morgan fingerprint density at radius 1 is 1.05 bits per heavy atom. The zero-order valence-electron chi connectivity index (χ0n) is 11.4. The number of rotatable bonds is 5. The highest BCUT2D eigenvalue weighted by Crippen LogP contribution is 2.34. The van der Waals surface area contributed by atoms with Crippen LogP contribution in [0.2, 0.25) is 5.02 Å². The van der Waals surface area contributed by atoms with E-state index in [4.69, 9.17) is 21.1 Å². The van der Waals surface area contributed by atoms with E-state index >= 15 is 0 Å². The van der Waals surface area contributed by atoms with Gasteiger partial charge in [0, 0.05) is 9.85 Å². The van der Waals surface area contributed by atoms with E-state index in [1.165, 1.54) is 5.56 Å². The second kappa shape index (κ2) is 7.00. The van der Waals surface area contributed by atoms with Gasteiger partial charge in [-0.1, -0.05) is 45.7 Å². The molecule has 0 fully saturated rings. The van der Waals surface area contributed by atoms with Crippen LogP contribution in [0.25, 0.3) is 0 Å². The van der Waals surface area contributed by atoms with Crippen LogP contribution >= 0.6 is 27.5 Å². The van der Waals surface area contributed by atoms with E-state index < -0.39 is 0 Å². The van der Waals surface area contributed by atoms with Crippen molar-refractivity contribution in [2.24, 2.45) is 0 Å². The van der Waals surface area contributed by atoms with E-state index in [1.807, 2.05) is 36.4 Å². The quantitative estimate of drug-likeness (QED) is 0.700. The van der Waals surface area contributed by atoms with E-state index in [0.717, 1.165) is 28.5 Å². The van der Waals surface area contributed by atoms with Crippen molar-refractivity contribution in [1.82, 2.24) is 0 Å². The summed E-state index contributed by atoms with van der Waals surface area (Å²) in [4.78, 5) is 0.195. The van der Waals surface area contributed by atoms with Crippen molar-refractivity contribution in [1.29, 1.82) is 0 Å². The molecule has 0 bridgehead atoms. The third-order valence-corrected chi connectivity index (χ3v) is 4.16. The Bertz CT molecular complexity index is 586. The third kappa shape index (κ3) is 3.68. The van der Waals surface area contributed by atoms with Crippen molar-refractivity contribution in [2.45, 2.75) is 11.2 Å². The molecule has 0 radical (unpaired) electrons. The first-order valence-corrected chi connectivity index (χ1v) is 7.54. The summed E-state index contributed by atoms with van der Waals surface area (Å²) in [5.74, 6) is 1.47. The molecule has 0 spiro atoms. The van der Waals surface area contributed by atoms with Crippen LogP contribution in [0.15, 0.2) is 42.5 Å². The molecule has 0 heterocycles. The Morgan fingerprint density at radius 2 is 1.80 bits per heavy atom. The van der Waals surface area contributed by atoms with Gasteiger partial charge in [-0.3, -0.25) is 0 Å². The van der Waals surface area contributed by atoms with Crippen molar-refractivity contribution in [3.05, 3.63) is 58.6 Å².